The van der Waals surface area contributed by atoms with Crippen LogP contribution in [0.15, 0.2) is 4.47 Å². The van der Waals surface area contributed by atoms with E-state index < -0.39 is 0 Å². The smallest absolute Gasteiger partial charge is 0.144 e. The average molecular weight is 356 g/mol. The molecule has 2 rings (SSSR count). The maximum atomic E-state index is 5.13. The van der Waals surface area contributed by atoms with E-state index in [1.807, 2.05) is 0 Å². The fourth-order valence-corrected chi connectivity index (χ4v) is 3.47. The molecular formula is C16H26BrN3O. The van der Waals surface area contributed by atoms with Gasteiger partial charge in [-0.05, 0) is 41.6 Å². The Morgan fingerprint density at radius 2 is 2.05 bits per heavy atom. The van der Waals surface area contributed by atoms with Crippen molar-refractivity contribution in [2.45, 2.75) is 57.8 Å². The Morgan fingerprint density at radius 1 is 1.29 bits per heavy atom. The minimum absolute atomic E-state index is 0.589. The fraction of sp³-hybridized carbons (Fsp3) is 0.750. The highest BCUT2D eigenvalue weighted by molar-refractivity contribution is 9.10. The molecule has 5 heteroatoms. The molecule has 1 aromatic rings. The number of methoxy groups -OCH3 is 1. The van der Waals surface area contributed by atoms with Crippen LogP contribution in [0, 0.1) is 0 Å². The molecule has 1 fully saturated rings. The Bertz CT molecular complexity index is 447. The van der Waals surface area contributed by atoms with Crippen molar-refractivity contribution in [3.8, 4) is 0 Å². The minimum Gasteiger partial charge on any atom is -0.385 e. The summed E-state index contributed by atoms with van der Waals surface area (Å²) in [5.74, 6) is 2.49. The predicted molar refractivity (Wildman–Crippen MR) is 89.9 cm³/mol. The van der Waals surface area contributed by atoms with Gasteiger partial charge < -0.3 is 10.1 Å². The molecule has 21 heavy (non-hydrogen) atoms. The molecule has 1 saturated carbocycles. The van der Waals surface area contributed by atoms with Crippen LogP contribution < -0.4 is 5.32 Å². The van der Waals surface area contributed by atoms with Crippen LogP contribution >= 0.6 is 15.9 Å². The van der Waals surface area contributed by atoms with Crippen molar-refractivity contribution >= 4 is 21.7 Å². The van der Waals surface area contributed by atoms with Gasteiger partial charge in [0.05, 0.1) is 10.2 Å². The first-order chi connectivity index (χ1) is 10.3. The first kappa shape index (κ1) is 16.7. The lowest BCUT2D eigenvalue weighted by molar-refractivity contribution is 0.194. The molecule has 0 aromatic carbocycles. The molecular weight excluding hydrogens is 330 g/mol. The van der Waals surface area contributed by atoms with E-state index in [4.69, 9.17) is 9.72 Å². The van der Waals surface area contributed by atoms with Crippen LogP contribution in [0.3, 0.4) is 0 Å². The minimum atomic E-state index is 0.589. The molecule has 0 radical (unpaired) electrons. The van der Waals surface area contributed by atoms with Gasteiger partial charge in [-0.3, -0.25) is 0 Å². The number of aryl methyl sites for hydroxylation is 1. The number of hydrogen-bond donors (Lipinski definition) is 1. The van der Waals surface area contributed by atoms with Gasteiger partial charge in [0.1, 0.15) is 11.6 Å². The lowest BCUT2D eigenvalue weighted by Crippen LogP contribution is -2.11. The number of anilines is 1. The van der Waals surface area contributed by atoms with Gasteiger partial charge in [-0.2, -0.15) is 0 Å². The Morgan fingerprint density at radius 3 is 2.71 bits per heavy atom. The molecule has 1 aliphatic rings. The first-order valence-corrected chi connectivity index (χ1v) is 8.84. The van der Waals surface area contributed by atoms with Crippen molar-refractivity contribution < 1.29 is 4.74 Å². The number of nitrogens with one attached hydrogen (secondary N) is 1. The summed E-state index contributed by atoms with van der Waals surface area (Å²) in [6.07, 6.45) is 8.07. The molecule has 0 spiro atoms. The van der Waals surface area contributed by atoms with Crippen molar-refractivity contribution in [1.29, 1.82) is 0 Å². The molecule has 1 aliphatic carbocycles. The highest BCUT2D eigenvalue weighted by Gasteiger charge is 2.23. The second kappa shape index (κ2) is 8.69. The van der Waals surface area contributed by atoms with Crippen molar-refractivity contribution in [2.24, 2.45) is 0 Å². The number of nitrogens with zero attached hydrogens (tertiary/aromatic N) is 2. The zero-order valence-corrected chi connectivity index (χ0v) is 14.7. The normalized spacial score (nSPS) is 15.6. The van der Waals surface area contributed by atoms with Gasteiger partial charge in [0.2, 0.25) is 0 Å². The standard InChI is InChI=1S/C16H26BrN3O/c1-3-10-18-16-14(17)15(12-7-4-5-8-12)19-13(20-16)9-6-11-21-2/h12H,3-11H2,1-2H3,(H,18,19,20). The Balaban J connectivity index is 2.21. The van der Waals surface area contributed by atoms with Crippen LogP contribution in [0.4, 0.5) is 5.82 Å². The predicted octanol–water partition coefficient (Wildman–Crippen LogP) is 4.30. The third-order valence-corrected chi connectivity index (χ3v) is 4.74. The lowest BCUT2D eigenvalue weighted by atomic mass is 10.0. The highest BCUT2D eigenvalue weighted by Crippen LogP contribution is 2.38. The Kier molecular flexibility index (Phi) is 6.90. The van der Waals surface area contributed by atoms with Gasteiger partial charge >= 0.3 is 0 Å². The van der Waals surface area contributed by atoms with Crippen LogP contribution in [0.1, 0.15) is 62.9 Å². The van der Waals surface area contributed by atoms with Gasteiger partial charge in [0.25, 0.3) is 0 Å². The monoisotopic (exact) mass is 355 g/mol. The van der Waals surface area contributed by atoms with E-state index in [1.54, 1.807) is 7.11 Å². The Hall–Kier alpha value is -0.680. The maximum absolute atomic E-state index is 5.13. The summed E-state index contributed by atoms with van der Waals surface area (Å²) in [6, 6.07) is 0. The Labute approximate surface area is 136 Å². The first-order valence-electron chi connectivity index (χ1n) is 8.05. The van der Waals surface area contributed by atoms with Crippen LogP contribution in [-0.2, 0) is 11.2 Å². The summed E-state index contributed by atoms with van der Waals surface area (Å²) in [5.41, 5.74) is 1.20. The average Bonchev–Trinajstić information content (AvgIpc) is 3.01. The summed E-state index contributed by atoms with van der Waals surface area (Å²) in [5, 5.41) is 3.43. The topological polar surface area (TPSA) is 47.0 Å². The van der Waals surface area contributed by atoms with Gasteiger partial charge in [-0.1, -0.05) is 19.8 Å². The third kappa shape index (κ3) is 4.65. The van der Waals surface area contributed by atoms with Gasteiger partial charge in [0, 0.05) is 32.6 Å². The summed E-state index contributed by atoms with van der Waals surface area (Å²) in [6.45, 7) is 3.87. The quantitative estimate of drug-likeness (QED) is 0.706. The zero-order valence-electron chi connectivity index (χ0n) is 13.1. The van der Waals surface area contributed by atoms with Gasteiger partial charge in [-0.25, -0.2) is 9.97 Å². The van der Waals surface area contributed by atoms with Crippen molar-refractivity contribution in [3.05, 3.63) is 16.0 Å². The van der Waals surface area contributed by atoms with E-state index >= 15 is 0 Å². The van der Waals surface area contributed by atoms with E-state index in [9.17, 15) is 0 Å². The molecule has 0 aliphatic heterocycles. The van der Waals surface area contributed by atoms with Crippen LogP contribution in [-0.4, -0.2) is 30.2 Å². The van der Waals surface area contributed by atoms with Gasteiger partial charge in [0.15, 0.2) is 0 Å². The van der Waals surface area contributed by atoms with E-state index in [2.05, 4.69) is 33.2 Å². The van der Waals surface area contributed by atoms with E-state index in [1.165, 1.54) is 31.4 Å². The molecule has 0 unspecified atom stereocenters. The van der Waals surface area contributed by atoms with Crippen LogP contribution in [0.2, 0.25) is 0 Å². The summed E-state index contributed by atoms with van der Waals surface area (Å²) in [7, 11) is 1.74. The molecule has 1 heterocycles. The number of aromatic nitrogens is 2. The van der Waals surface area contributed by atoms with E-state index in [0.29, 0.717) is 5.92 Å². The van der Waals surface area contributed by atoms with E-state index in [-0.39, 0.29) is 0 Å². The van der Waals surface area contributed by atoms with Crippen molar-refractivity contribution in [2.75, 3.05) is 25.6 Å². The SMILES string of the molecule is CCCNc1nc(CCCOC)nc(C2CCCC2)c1Br. The summed E-state index contributed by atoms with van der Waals surface area (Å²) in [4.78, 5) is 9.53. The van der Waals surface area contributed by atoms with Crippen molar-refractivity contribution in [3.63, 3.8) is 0 Å². The molecule has 0 atom stereocenters. The summed E-state index contributed by atoms with van der Waals surface area (Å²) >= 11 is 3.73. The fourth-order valence-electron chi connectivity index (χ4n) is 2.83. The number of ether oxygens (including phenoxy) is 1. The molecule has 0 amide bonds. The summed E-state index contributed by atoms with van der Waals surface area (Å²) < 4.78 is 6.20. The third-order valence-electron chi connectivity index (χ3n) is 3.96. The number of rotatable bonds is 8. The molecule has 0 bridgehead atoms. The zero-order chi connectivity index (χ0) is 15.1. The highest BCUT2D eigenvalue weighted by atomic mass is 79.9. The second-order valence-electron chi connectivity index (χ2n) is 5.69. The number of hydrogen-bond acceptors (Lipinski definition) is 4. The molecule has 1 N–H and O–H groups in total. The number of halogens is 1. The largest absolute Gasteiger partial charge is 0.385 e. The molecule has 1 aromatic heterocycles. The molecule has 0 saturated heterocycles. The molecule has 4 nitrogen and oxygen atoms in total. The maximum Gasteiger partial charge on any atom is 0.144 e. The van der Waals surface area contributed by atoms with Crippen molar-refractivity contribution in [1.82, 2.24) is 9.97 Å². The van der Waals surface area contributed by atoms with Gasteiger partial charge in [-0.15, -0.1) is 0 Å². The molecule has 118 valence electrons. The second-order valence-corrected chi connectivity index (χ2v) is 6.49. The van der Waals surface area contributed by atoms with Crippen LogP contribution in [0.25, 0.3) is 0 Å². The van der Waals surface area contributed by atoms with Crippen LogP contribution in [0.5, 0.6) is 0 Å². The lowest BCUT2D eigenvalue weighted by Gasteiger charge is -2.16. The van der Waals surface area contributed by atoms with E-state index in [0.717, 1.165) is 48.5 Å².